The standard InChI is InChI=1S/C27H28/c1-21-7-3-9(21)14-19-20-17-13-10-5-8-6-11-15-18-16-12(4-7)24(14,21)26(16,19)27(18,20)25(15,17)22(13,2)23(8,10)11/h7-20H,3-6H2,1-2H3. The molecule has 0 nitrogen and oxygen atoms in total. The van der Waals surface area contributed by atoms with Crippen molar-refractivity contribution in [2.45, 2.75) is 39.5 Å². The maximum Gasteiger partial charge on any atom is -0.00934 e. The van der Waals surface area contributed by atoms with Crippen LogP contribution in [0.3, 0.4) is 0 Å². The molecule has 0 aromatic rings. The first-order valence-electron chi connectivity index (χ1n) is 13.1. The van der Waals surface area contributed by atoms with Gasteiger partial charge >= 0.3 is 0 Å². The van der Waals surface area contributed by atoms with E-state index in [-0.39, 0.29) is 0 Å². The maximum absolute atomic E-state index is 2.94. The lowest BCUT2D eigenvalue weighted by Gasteiger charge is -3.22. The minimum absolute atomic E-state index is 0.897. The fourth-order valence-electron chi connectivity index (χ4n) is 21.5. The third kappa shape index (κ3) is 0.398. The van der Waals surface area contributed by atoms with Gasteiger partial charge in [-0.15, -0.1) is 0 Å². The summed E-state index contributed by atoms with van der Waals surface area (Å²) in [4.78, 5) is 0. The summed E-state index contributed by atoms with van der Waals surface area (Å²) in [5.41, 5.74) is 6.83. The molecule has 136 valence electrons. The first-order valence-corrected chi connectivity index (χ1v) is 13.1. The first-order chi connectivity index (χ1) is 13.1. The first kappa shape index (κ1) is 11.4. The molecule has 27 heavy (non-hydrogen) atoms. The number of hydrogen-bond donors (Lipinski definition) is 0. The lowest BCUT2D eigenvalue weighted by molar-refractivity contribution is -0.771. The molecule has 0 saturated heterocycles. The van der Waals surface area contributed by atoms with Crippen LogP contribution in [0.2, 0.25) is 0 Å². The molecule has 14 aliphatic carbocycles. The minimum atomic E-state index is 0.897. The van der Waals surface area contributed by atoms with E-state index in [4.69, 9.17) is 0 Å². The van der Waals surface area contributed by atoms with Crippen molar-refractivity contribution in [2.75, 3.05) is 0 Å². The fraction of sp³-hybridized carbons (Fsp3) is 1.00. The average molecular weight is 353 g/mol. The van der Waals surface area contributed by atoms with Crippen LogP contribution in [-0.2, 0) is 0 Å². The third-order valence-electron chi connectivity index (χ3n) is 19.4. The van der Waals surface area contributed by atoms with Crippen molar-refractivity contribution < 1.29 is 0 Å². The lowest BCUT2D eigenvalue weighted by Crippen LogP contribution is -3.20. The van der Waals surface area contributed by atoms with Crippen LogP contribution in [0, 0.1) is 121 Å². The van der Waals surface area contributed by atoms with Crippen molar-refractivity contribution in [3.05, 3.63) is 0 Å². The molecule has 0 heterocycles. The molecule has 14 fully saturated rings. The monoisotopic (exact) mass is 352 g/mol. The summed E-state index contributed by atoms with van der Waals surface area (Å²) in [7, 11) is 0. The van der Waals surface area contributed by atoms with Crippen molar-refractivity contribution in [3.8, 4) is 0 Å². The van der Waals surface area contributed by atoms with Crippen LogP contribution in [0.1, 0.15) is 39.5 Å². The minimum Gasteiger partial charge on any atom is -0.0585 e. The normalized spacial score (nSPS) is 110. The summed E-state index contributed by atoms with van der Waals surface area (Å²) >= 11 is 0. The predicted molar refractivity (Wildman–Crippen MR) is 95.7 cm³/mol. The van der Waals surface area contributed by atoms with Crippen LogP contribution in [-0.4, -0.2) is 0 Å². The smallest absolute Gasteiger partial charge is 0.00934 e. The van der Waals surface area contributed by atoms with Gasteiger partial charge in [-0.3, -0.25) is 0 Å². The lowest BCUT2D eigenvalue weighted by atomic mass is 8.81. The van der Waals surface area contributed by atoms with E-state index in [1.54, 1.807) is 25.7 Å². The Morgan fingerprint density at radius 2 is 1.04 bits per heavy atom. The van der Waals surface area contributed by atoms with Crippen LogP contribution in [0.15, 0.2) is 0 Å². The van der Waals surface area contributed by atoms with Crippen LogP contribution >= 0.6 is 0 Å². The Labute approximate surface area is 160 Å². The summed E-state index contributed by atoms with van der Waals surface area (Å²) in [5, 5.41) is 0. The quantitative estimate of drug-likeness (QED) is 0.609. The topological polar surface area (TPSA) is 0 Å². The van der Waals surface area contributed by atoms with E-state index < -0.39 is 0 Å². The second-order valence-electron chi connectivity index (χ2n) is 15.9. The van der Waals surface area contributed by atoms with Crippen molar-refractivity contribution in [3.63, 3.8) is 0 Å². The fourth-order valence-corrected chi connectivity index (χ4v) is 21.5. The van der Waals surface area contributed by atoms with E-state index >= 15 is 0 Å². The molecule has 21 atom stereocenters. The van der Waals surface area contributed by atoms with Gasteiger partial charge in [-0.1, -0.05) is 13.8 Å². The predicted octanol–water partition coefficient (Wildman–Crippen LogP) is 4.31. The zero-order chi connectivity index (χ0) is 16.4. The highest BCUT2D eigenvalue weighted by atomic mass is 15.3. The highest BCUT2D eigenvalue weighted by molar-refractivity contribution is 5.72. The van der Waals surface area contributed by atoms with Crippen LogP contribution in [0.4, 0.5) is 0 Å². The molecule has 0 heteroatoms. The molecule has 0 aromatic heterocycles. The summed E-state index contributed by atoms with van der Waals surface area (Å²) in [6, 6.07) is 0. The van der Waals surface area contributed by atoms with Crippen molar-refractivity contribution >= 4 is 0 Å². The van der Waals surface area contributed by atoms with Crippen LogP contribution < -0.4 is 0 Å². The van der Waals surface area contributed by atoms with E-state index in [1.807, 2.05) is 0 Å². The van der Waals surface area contributed by atoms with Gasteiger partial charge < -0.3 is 0 Å². The van der Waals surface area contributed by atoms with E-state index in [9.17, 15) is 0 Å². The molecule has 14 saturated carbocycles. The summed E-state index contributed by atoms with van der Waals surface area (Å²) in [6.07, 6.45) is 6.85. The molecular weight excluding hydrogens is 324 g/mol. The molecular formula is C27H28. The Morgan fingerprint density at radius 3 is 1.89 bits per heavy atom. The second-order valence-corrected chi connectivity index (χ2v) is 15.9. The summed E-state index contributed by atoms with van der Waals surface area (Å²) in [5.74, 6) is 17.9. The molecule has 0 N–H and O–H groups in total. The zero-order valence-corrected chi connectivity index (χ0v) is 16.4. The van der Waals surface area contributed by atoms with E-state index in [0.717, 1.165) is 37.9 Å². The van der Waals surface area contributed by atoms with Gasteiger partial charge in [0.2, 0.25) is 0 Å². The molecule has 0 aliphatic heterocycles. The molecule has 14 aliphatic rings. The summed E-state index contributed by atoms with van der Waals surface area (Å²) < 4.78 is 0. The van der Waals surface area contributed by atoms with Gasteiger partial charge in [0.25, 0.3) is 0 Å². The Morgan fingerprint density at radius 1 is 0.481 bits per heavy atom. The highest BCUT2D eigenvalue weighted by Crippen LogP contribution is 3.29. The molecule has 0 amide bonds. The second kappa shape index (κ2) is 2.10. The van der Waals surface area contributed by atoms with E-state index in [0.29, 0.717) is 0 Å². The van der Waals surface area contributed by atoms with Gasteiger partial charge in [-0.25, -0.2) is 0 Å². The number of hydrogen-bond acceptors (Lipinski definition) is 0. The third-order valence-corrected chi connectivity index (χ3v) is 19.4. The van der Waals surface area contributed by atoms with Crippen LogP contribution in [0.25, 0.3) is 0 Å². The zero-order valence-electron chi connectivity index (χ0n) is 16.4. The van der Waals surface area contributed by atoms with E-state index in [1.165, 1.54) is 82.9 Å². The molecule has 0 bridgehead atoms. The molecule has 0 aromatic carbocycles. The SMILES string of the molecule is CC12C3CC1C1C4C5C6C7C8CC9CC%10C%11C%12C%13C(C3)C12C%134C%125C%116C7(C)C98%10. The highest BCUT2D eigenvalue weighted by Gasteiger charge is 3.26. The van der Waals surface area contributed by atoms with E-state index in [2.05, 4.69) is 13.8 Å². The van der Waals surface area contributed by atoms with Gasteiger partial charge in [0, 0.05) is 0 Å². The number of rotatable bonds is 0. The largest absolute Gasteiger partial charge is 0.0585 e. The van der Waals surface area contributed by atoms with Crippen molar-refractivity contribution in [1.82, 2.24) is 0 Å². The van der Waals surface area contributed by atoms with Crippen LogP contribution in [0.5, 0.6) is 0 Å². The Kier molecular flexibility index (Phi) is 0.887. The van der Waals surface area contributed by atoms with Gasteiger partial charge in [0.05, 0.1) is 0 Å². The number of fused-ring (bicyclic) bond motifs is 10. The van der Waals surface area contributed by atoms with Gasteiger partial charge in [-0.05, 0) is 146 Å². The maximum atomic E-state index is 2.94. The average Bonchev–Trinajstić information content (AvgIpc) is 2.79. The van der Waals surface area contributed by atoms with Crippen molar-refractivity contribution in [2.24, 2.45) is 121 Å². The molecule has 21 unspecified atom stereocenters. The molecule has 14 rings (SSSR count). The Bertz CT molecular complexity index is 1140. The molecule has 0 radical (unpaired) electrons. The molecule has 5 spiro atoms. The van der Waals surface area contributed by atoms with Crippen molar-refractivity contribution in [1.29, 1.82) is 0 Å². The van der Waals surface area contributed by atoms with Gasteiger partial charge in [0.1, 0.15) is 0 Å². The summed E-state index contributed by atoms with van der Waals surface area (Å²) in [6.45, 7) is 5.80. The Hall–Kier alpha value is 0. The van der Waals surface area contributed by atoms with Gasteiger partial charge in [-0.2, -0.15) is 0 Å². The Balaban J connectivity index is 1.13. The van der Waals surface area contributed by atoms with Gasteiger partial charge in [0.15, 0.2) is 0 Å².